The average Bonchev–Trinajstić information content (AvgIpc) is 2.39. The van der Waals surface area contributed by atoms with Crippen LogP contribution in [0.1, 0.15) is 13.8 Å². The van der Waals surface area contributed by atoms with Crippen molar-refractivity contribution in [1.82, 2.24) is 9.97 Å². The maximum atomic E-state index is 5.79. The van der Waals surface area contributed by atoms with Crippen LogP contribution < -0.4 is 9.64 Å². The van der Waals surface area contributed by atoms with E-state index in [-0.39, 0.29) is 12.2 Å². The normalized spacial score (nSPS) is 24.1. The van der Waals surface area contributed by atoms with E-state index in [2.05, 4.69) is 37.7 Å². The van der Waals surface area contributed by atoms with Gasteiger partial charge in [-0.2, -0.15) is 4.98 Å². The molecule has 0 aliphatic carbocycles. The highest BCUT2D eigenvalue weighted by Gasteiger charge is 2.26. The summed E-state index contributed by atoms with van der Waals surface area (Å²) in [5.41, 5.74) is 0. The number of morpholine rings is 1. The van der Waals surface area contributed by atoms with Crippen LogP contribution in [0, 0.1) is 0 Å². The zero-order valence-corrected chi connectivity index (χ0v) is 12.3. The fraction of sp³-hybridized carbons (Fsp3) is 0.667. The molecule has 1 fully saturated rings. The van der Waals surface area contributed by atoms with Crippen molar-refractivity contribution in [2.24, 2.45) is 0 Å². The largest absolute Gasteiger partial charge is 0.478 e. The van der Waals surface area contributed by atoms with Crippen LogP contribution in [-0.4, -0.2) is 47.2 Å². The van der Waals surface area contributed by atoms with Gasteiger partial charge in [0.15, 0.2) is 0 Å². The summed E-state index contributed by atoms with van der Waals surface area (Å²) < 4.78 is 11.2. The molecule has 18 heavy (non-hydrogen) atoms. The first-order valence-electron chi connectivity index (χ1n) is 6.15. The van der Waals surface area contributed by atoms with E-state index in [4.69, 9.17) is 9.47 Å². The van der Waals surface area contributed by atoms with Gasteiger partial charge in [-0.3, -0.25) is 0 Å². The number of hydrogen-bond acceptors (Lipinski definition) is 5. The Bertz CT molecular complexity index is 391. The van der Waals surface area contributed by atoms with Crippen molar-refractivity contribution in [2.45, 2.75) is 26.1 Å². The second-order valence-corrected chi connectivity index (χ2v) is 4.90. The summed E-state index contributed by atoms with van der Waals surface area (Å²) >= 11 is 3.46. The minimum absolute atomic E-state index is 0.174. The van der Waals surface area contributed by atoms with Gasteiger partial charge in [-0.05, 0) is 13.8 Å². The lowest BCUT2D eigenvalue weighted by atomic mass is 10.2. The third-order valence-corrected chi connectivity index (χ3v) is 3.41. The second kappa shape index (κ2) is 6.33. The lowest BCUT2D eigenvalue weighted by Crippen LogP contribution is -2.48. The standard InChI is InChI=1S/C12H18BrN3O2/c1-3-17-11-4-5-14-12(15-11)16-7-9(2)18-10(6-13)8-16/h4-5,9-10H,3,6-8H2,1-2H3. The maximum absolute atomic E-state index is 5.79. The Hall–Kier alpha value is -0.880. The molecule has 100 valence electrons. The first-order chi connectivity index (χ1) is 8.72. The Morgan fingerprint density at radius 1 is 1.56 bits per heavy atom. The fourth-order valence-corrected chi connectivity index (χ4v) is 2.36. The first kappa shape index (κ1) is 13.5. The predicted octanol–water partition coefficient (Wildman–Crippen LogP) is 1.86. The molecule has 0 amide bonds. The molecule has 2 rings (SSSR count). The number of hydrogen-bond donors (Lipinski definition) is 0. The van der Waals surface area contributed by atoms with E-state index in [0.717, 1.165) is 18.4 Å². The molecular weight excluding hydrogens is 298 g/mol. The summed E-state index contributed by atoms with van der Waals surface area (Å²) in [6.45, 7) is 6.22. The topological polar surface area (TPSA) is 47.5 Å². The summed E-state index contributed by atoms with van der Waals surface area (Å²) in [5.74, 6) is 1.33. The Labute approximate surface area is 116 Å². The molecule has 1 aliphatic rings. The summed E-state index contributed by atoms with van der Waals surface area (Å²) in [7, 11) is 0. The van der Waals surface area contributed by atoms with Crippen molar-refractivity contribution >= 4 is 21.9 Å². The lowest BCUT2D eigenvalue weighted by Gasteiger charge is -2.36. The van der Waals surface area contributed by atoms with Gasteiger partial charge in [0.2, 0.25) is 11.8 Å². The molecule has 2 atom stereocenters. The highest BCUT2D eigenvalue weighted by Crippen LogP contribution is 2.19. The van der Waals surface area contributed by atoms with Crippen molar-refractivity contribution in [3.8, 4) is 5.88 Å². The molecule has 1 saturated heterocycles. The van der Waals surface area contributed by atoms with E-state index in [1.54, 1.807) is 12.3 Å². The molecule has 6 heteroatoms. The van der Waals surface area contributed by atoms with Gasteiger partial charge < -0.3 is 14.4 Å². The predicted molar refractivity (Wildman–Crippen MR) is 73.5 cm³/mol. The third-order valence-electron chi connectivity index (χ3n) is 2.69. The van der Waals surface area contributed by atoms with E-state index in [9.17, 15) is 0 Å². The summed E-state index contributed by atoms with van der Waals surface area (Å²) in [6, 6.07) is 1.78. The van der Waals surface area contributed by atoms with Gasteiger partial charge in [0.1, 0.15) is 0 Å². The molecule has 1 aliphatic heterocycles. The number of aromatic nitrogens is 2. The average molecular weight is 316 g/mol. The number of rotatable bonds is 4. The Balaban J connectivity index is 2.11. The van der Waals surface area contributed by atoms with Crippen LogP contribution >= 0.6 is 15.9 Å². The smallest absolute Gasteiger partial charge is 0.228 e. The van der Waals surface area contributed by atoms with Crippen molar-refractivity contribution in [2.75, 3.05) is 29.9 Å². The highest BCUT2D eigenvalue weighted by atomic mass is 79.9. The molecule has 1 aromatic heterocycles. The zero-order valence-electron chi connectivity index (χ0n) is 10.7. The molecule has 5 nitrogen and oxygen atoms in total. The summed E-state index contributed by atoms with van der Waals surface area (Å²) in [5, 5.41) is 0.818. The van der Waals surface area contributed by atoms with Crippen LogP contribution in [-0.2, 0) is 4.74 Å². The number of alkyl halides is 1. The van der Waals surface area contributed by atoms with Crippen LogP contribution in [0.15, 0.2) is 12.3 Å². The minimum atomic E-state index is 0.174. The fourth-order valence-electron chi connectivity index (χ4n) is 2.01. The number of ether oxygens (including phenoxy) is 2. The molecule has 2 heterocycles. The molecule has 0 radical (unpaired) electrons. The molecule has 1 aromatic rings. The second-order valence-electron chi connectivity index (χ2n) is 4.26. The van der Waals surface area contributed by atoms with Gasteiger partial charge >= 0.3 is 0 Å². The van der Waals surface area contributed by atoms with Crippen LogP contribution in [0.3, 0.4) is 0 Å². The van der Waals surface area contributed by atoms with Gasteiger partial charge in [-0.15, -0.1) is 0 Å². The summed E-state index contributed by atoms with van der Waals surface area (Å²) in [4.78, 5) is 10.9. The molecule has 0 bridgehead atoms. The lowest BCUT2D eigenvalue weighted by molar-refractivity contribution is -0.00253. The first-order valence-corrected chi connectivity index (χ1v) is 7.27. The molecule has 0 saturated carbocycles. The number of anilines is 1. The zero-order chi connectivity index (χ0) is 13.0. The van der Waals surface area contributed by atoms with Gasteiger partial charge in [0.05, 0.1) is 18.8 Å². The van der Waals surface area contributed by atoms with Crippen molar-refractivity contribution in [3.05, 3.63) is 12.3 Å². The van der Waals surface area contributed by atoms with Crippen LogP contribution in [0.4, 0.5) is 5.95 Å². The maximum Gasteiger partial charge on any atom is 0.228 e. The Morgan fingerprint density at radius 3 is 3.11 bits per heavy atom. The van der Waals surface area contributed by atoms with Crippen molar-refractivity contribution < 1.29 is 9.47 Å². The molecule has 0 aromatic carbocycles. The molecule has 2 unspecified atom stereocenters. The van der Waals surface area contributed by atoms with Crippen molar-refractivity contribution in [3.63, 3.8) is 0 Å². The SMILES string of the molecule is CCOc1ccnc(N2CC(C)OC(CBr)C2)n1. The summed E-state index contributed by atoms with van der Waals surface area (Å²) in [6.07, 6.45) is 2.09. The number of nitrogens with zero attached hydrogens (tertiary/aromatic N) is 3. The monoisotopic (exact) mass is 315 g/mol. The van der Waals surface area contributed by atoms with E-state index in [1.165, 1.54) is 0 Å². The van der Waals surface area contributed by atoms with Crippen LogP contribution in [0.25, 0.3) is 0 Å². The molecule has 0 spiro atoms. The van der Waals surface area contributed by atoms with Gasteiger partial charge in [0.25, 0.3) is 0 Å². The van der Waals surface area contributed by atoms with E-state index in [1.807, 2.05) is 6.92 Å². The number of halogens is 1. The third kappa shape index (κ3) is 3.32. The quantitative estimate of drug-likeness (QED) is 0.794. The molecular formula is C12H18BrN3O2. The van der Waals surface area contributed by atoms with Gasteiger partial charge in [-0.1, -0.05) is 15.9 Å². The Kier molecular flexibility index (Phi) is 4.77. The van der Waals surface area contributed by atoms with E-state index in [0.29, 0.717) is 18.4 Å². The van der Waals surface area contributed by atoms with Crippen LogP contribution in [0.2, 0.25) is 0 Å². The highest BCUT2D eigenvalue weighted by molar-refractivity contribution is 9.09. The molecule has 0 N–H and O–H groups in total. The van der Waals surface area contributed by atoms with Gasteiger partial charge in [-0.25, -0.2) is 4.98 Å². The van der Waals surface area contributed by atoms with Crippen LogP contribution in [0.5, 0.6) is 5.88 Å². The van der Waals surface area contributed by atoms with Gasteiger partial charge in [0, 0.05) is 30.7 Å². The Morgan fingerprint density at radius 2 is 2.39 bits per heavy atom. The minimum Gasteiger partial charge on any atom is -0.478 e. The van der Waals surface area contributed by atoms with E-state index >= 15 is 0 Å². The van der Waals surface area contributed by atoms with E-state index < -0.39 is 0 Å². The van der Waals surface area contributed by atoms with Crippen molar-refractivity contribution in [1.29, 1.82) is 0 Å².